The van der Waals surface area contributed by atoms with Gasteiger partial charge in [-0.3, -0.25) is 0 Å². The number of hydrogen-bond donors (Lipinski definition) is 0. The molecule has 0 saturated heterocycles. The van der Waals surface area contributed by atoms with Crippen LogP contribution in [0.1, 0.15) is 0 Å². The third kappa shape index (κ3) is 2.10. The molecule has 5 heteroatoms. The van der Waals surface area contributed by atoms with Gasteiger partial charge in [-0.1, -0.05) is 11.8 Å². The molecule has 0 N–H and O–H groups in total. The molecule has 0 aliphatic rings. The van der Waals surface area contributed by atoms with Gasteiger partial charge in [-0.05, 0) is 0 Å². The first-order valence-electron chi connectivity index (χ1n) is 2.63. The Labute approximate surface area is 62.1 Å². The van der Waals surface area contributed by atoms with Gasteiger partial charge in [0.05, 0.1) is 18.1 Å². The lowest BCUT2D eigenvalue weighted by atomic mass is 10.9. The van der Waals surface area contributed by atoms with Crippen LogP contribution in [0.2, 0.25) is 0 Å². The van der Waals surface area contributed by atoms with E-state index in [2.05, 4.69) is 15.2 Å². The fourth-order valence-electron chi connectivity index (χ4n) is 0.410. The van der Waals surface area contributed by atoms with E-state index in [0.29, 0.717) is 10.9 Å². The highest BCUT2D eigenvalue weighted by Crippen LogP contribution is 2.06. The quantitative estimate of drug-likeness (QED) is 0.460. The molecule has 1 rings (SSSR count). The Bertz CT molecular complexity index is 203. The van der Waals surface area contributed by atoms with E-state index in [1.165, 1.54) is 18.0 Å². The minimum Gasteiger partial charge on any atom is -0.302 e. The van der Waals surface area contributed by atoms with Crippen LogP contribution in [-0.2, 0) is 4.79 Å². The topological polar surface area (TPSA) is 55.7 Å². The molecule has 0 unspecified atom stereocenters. The van der Waals surface area contributed by atoms with Crippen molar-refractivity contribution in [2.24, 2.45) is 0 Å². The first-order chi connectivity index (χ1) is 4.93. The maximum atomic E-state index is 9.88. The molecule has 0 bridgehead atoms. The molecule has 1 aromatic heterocycles. The SMILES string of the molecule is O=CCSc1nccnn1. The number of aldehydes is 1. The van der Waals surface area contributed by atoms with E-state index >= 15 is 0 Å². The zero-order valence-corrected chi connectivity index (χ0v) is 5.91. The Morgan fingerprint density at radius 2 is 2.50 bits per heavy atom. The summed E-state index contributed by atoms with van der Waals surface area (Å²) in [4.78, 5) is 13.7. The molecule has 0 aromatic carbocycles. The van der Waals surface area contributed by atoms with Crippen LogP contribution in [0.15, 0.2) is 17.6 Å². The molecule has 0 amide bonds. The van der Waals surface area contributed by atoms with Crippen molar-refractivity contribution < 1.29 is 4.79 Å². The third-order valence-corrected chi connectivity index (χ3v) is 1.49. The summed E-state index contributed by atoms with van der Waals surface area (Å²) in [6, 6.07) is 0. The van der Waals surface area contributed by atoms with Crippen LogP contribution in [0.4, 0.5) is 0 Å². The van der Waals surface area contributed by atoms with Crippen molar-refractivity contribution in [1.29, 1.82) is 0 Å². The molecule has 0 atom stereocenters. The fraction of sp³-hybridized carbons (Fsp3) is 0.200. The van der Waals surface area contributed by atoms with Gasteiger partial charge in [0.2, 0.25) is 5.16 Å². The summed E-state index contributed by atoms with van der Waals surface area (Å²) in [5.74, 6) is 0.381. The number of carbonyl (C=O) groups is 1. The number of hydrogen-bond acceptors (Lipinski definition) is 5. The fourth-order valence-corrected chi connectivity index (χ4v) is 0.868. The highest BCUT2D eigenvalue weighted by molar-refractivity contribution is 7.99. The maximum Gasteiger partial charge on any atom is 0.209 e. The second-order valence-electron chi connectivity index (χ2n) is 1.40. The van der Waals surface area contributed by atoms with E-state index in [-0.39, 0.29) is 0 Å². The van der Waals surface area contributed by atoms with E-state index in [9.17, 15) is 4.79 Å². The van der Waals surface area contributed by atoms with Crippen LogP contribution >= 0.6 is 11.8 Å². The molecule has 0 aliphatic carbocycles. The van der Waals surface area contributed by atoms with Crippen molar-refractivity contribution in [3.05, 3.63) is 12.4 Å². The standard InChI is InChI=1S/C5H5N3OS/c9-3-4-10-5-6-1-2-7-8-5/h1-3H,4H2. The van der Waals surface area contributed by atoms with Crippen LogP contribution in [0.3, 0.4) is 0 Å². The number of thioether (sulfide) groups is 1. The Hall–Kier alpha value is -0.970. The monoisotopic (exact) mass is 155 g/mol. The van der Waals surface area contributed by atoms with Crippen LogP contribution in [0, 0.1) is 0 Å². The van der Waals surface area contributed by atoms with Gasteiger partial charge in [0, 0.05) is 0 Å². The predicted octanol–water partition coefficient (Wildman–Crippen LogP) is 0.163. The second kappa shape index (κ2) is 3.94. The van der Waals surface area contributed by atoms with Gasteiger partial charge in [0.15, 0.2) is 0 Å². The van der Waals surface area contributed by atoms with E-state index in [0.717, 1.165) is 6.29 Å². The average Bonchev–Trinajstić information content (AvgIpc) is 2.03. The van der Waals surface area contributed by atoms with Crippen molar-refractivity contribution in [3.63, 3.8) is 0 Å². The predicted molar refractivity (Wildman–Crippen MR) is 36.6 cm³/mol. The third-order valence-electron chi connectivity index (χ3n) is 0.742. The van der Waals surface area contributed by atoms with Gasteiger partial charge in [0.1, 0.15) is 6.29 Å². The zero-order chi connectivity index (χ0) is 7.23. The van der Waals surface area contributed by atoms with E-state index in [4.69, 9.17) is 0 Å². The second-order valence-corrected chi connectivity index (χ2v) is 2.39. The summed E-state index contributed by atoms with van der Waals surface area (Å²) in [7, 11) is 0. The Balaban J connectivity index is 2.50. The maximum absolute atomic E-state index is 9.88. The van der Waals surface area contributed by atoms with E-state index in [1.54, 1.807) is 6.20 Å². The number of rotatable bonds is 3. The van der Waals surface area contributed by atoms with Crippen LogP contribution < -0.4 is 0 Å². The van der Waals surface area contributed by atoms with Crippen molar-refractivity contribution >= 4 is 18.0 Å². The lowest BCUT2D eigenvalue weighted by Crippen LogP contribution is -1.89. The first-order valence-corrected chi connectivity index (χ1v) is 3.62. The van der Waals surface area contributed by atoms with Gasteiger partial charge < -0.3 is 4.79 Å². The number of carbonyl (C=O) groups excluding carboxylic acids is 1. The normalized spacial score (nSPS) is 9.20. The largest absolute Gasteiger partial charge is 0.302 e. The Kier molecular flexibility index (Phi) is 2.82. The smallest absolute Gasteiger partial charge is 0.209 e. The summed E-state index contributed by atoms with van der Waals surface area (Å²) in [5, 5.41) is 7.78. The lowest BCUT2D eigenvalue weighted by Gasteiger charge is -1.89. The van der Waals surface area contributed by atoms with Crippen LogP contribution in [-0.4, -0.2) is 27.2 Å². The highest BCUT2D eigenvalue weighted by atomic mass is 32.2. The molecule has 1 aromatic rings. The van der Waals surface area contributed by atoms with E-state index < -0.39 is 0 Å². The van der Waals surface area contributed by atoms with Crippen molar-refractivity contribution in [3.8, 4) is 0 Å². The van der Waals surface area contributed by atoms with Gasteiger partial charge in [-0.25, -0.2) is 4.98 Å². The molecular formula is C5H5N3OS. The van der Waals surface area contributed by atoms with Crippen molar-refractivity contribution in [2.75, 3.05) is 5.75 Å². The van der Waals surface area contributed by atoms with Gasteiger partial charge in [-0.15, -0.1) is 5.10 Å². The Morgan fingerprint density at radius 1 is 1.60 bits per heavy atom. The molecule has 0 spiro atoms. The molecule has 0 radical (unpaired) electrons. The van der Waals surface area contributed by atoms with Gasteiger partial charge in [0.25, 0.3) is 0 Å². The number of nitrogens with zero attached hydrogens (tertiary/aromatic N) is 3. The Morgan fingerprint density at radius 3 is 3.10 bits per heavy atom. The van der Waals surface area contributed by atoms with Gasteiger partial charge in [-0.2, -0.15) is 5.10 Å². The molecule has 0 aliphatic heterocycles. The lowest BCUT2D eigenvalue weighted by molar-refractivity contribution is -0.105. The summed E-state index contributed by atoms with van der Waals surface area (Å²) in [6.45, 7) is 0. The molecule has 10 heavy (non-hydrogen) atoms. The minimum atomic E-state index is 0.381. The van der Waals surface area contributed by atoms with Crippen LogP contribution in [0.5, 0.6) is 0 Å². The average molecular weight is 155 g/mol. The molecule has 4 nitrogen and oxygen atoms in total. The van der Waals surface area contributed by atoms with Crippen molar-refractivity contribution in [1.82, 2.24) is 15.2 Å². The van der Waals surface area contributed by atoms with Gasteiger partial charge >= 0.3 is 0 Å². The molecular weight excluding hydrogens is 150 g/mol. The number of aromatic nitrogens is 3. The summed E-state index contributed by atoms with van der Waals surface area (Å²) >= 11 is 1.27. The summed E-state index contributed by atoms with van der Waals surface area (Å²) in [6.07, 6.45) is 3.84. The highest BCUT2D eigenvalue weighted by Gasteiger charge is 1.92. The minimum absolute atomic E-state index is 0.381. The first kappa shape index (κ1) is 7.14. The summed E-state index contributed by atoms with van der Waals surface area (Å²) < 4.78 is 0. The molecule has 1 heterocycles. The van der Waals surface area contributed by atoms with Crippen molar-refractivity contribution in [2.45, 2.75) is 5.16 Å². The molecule has 52 valence electrons. The zero-order valence-electron chi connectivity index (χ0n) is 5.10. The molecule has 0 fully saturated rings. The summed E-state index contributed by atoms with van der Waals surface area (Å²) in [5.41, 5.74) is 0. The van der Waals surface area contributed by atoms with Crippen LogP contribution in [0.25, 0.3) is 0 Å². The molecule has 0 saturated carbocycles. The van der Waals surface area contributed by atoms with E-state index in [1.807, 2.05) is 0 Å².